The van der Waals surface area contributed by atoms with E-state index in [0.29, 0.717) is 11.7 Å². The maximum Gasteiger partial charge on any atom is 0.153 e. The van der Waals surface area contributed by atoms with Gasteiger partial charge in [0, 0.05) is 21.6 Å². The lowest BCUT2D eigenvalue weighted by molar-refractivity contribution is 0.670. The van der Waals surface area contributed by atoms with E-state index >= 15 is 0 Å². The van der Waals surface area contributed by atoms with E-state index in [1.54, 1.807) is 0 Å². The SMILES string of the molecule is Nc1n[nH]c(C2C3CCCC32)c1-c1cccc(Br)c1. The predicted octanol–water partition coefficient (Wildman–Crippen LogP) is 3.93. The van der Waals surface area contributed by atoms with Crippen molar-refractivity contribution in [3.63, 3.8) is 0 Å². The largest absolute Gasteiger partial charge is 0.382 e. The number of hydrogen-bond donors (Lipinski definition) is 2. The zero-order chi connectivity index (χ0) is 13.0. The number of H-pyrrole nitrogens is 1. The molecule has 2 aliphatic carbocycles. The Morgan fingerprint density at radius 2 is 2.05 bits per heavy atom. The van der Waals surface area contributed by atoms with E-state index in [-0.39, 0.29) is 0 Å². The lowest BCUT2D eigenvalue weighted by Crippen LogP contribution is -1.93. The molecule has 2 aliphatic rings. The summed E-state index contributed by atoms with van der Waals surface area (Å²) >= 11 is 3.53. The summed E-state index contributed by atoms with van der Waals surface area (Å²) in [6.07, 6.45) is 4.13. The van der Waals surface area contributed by atoms with Crippen LogP contribution in [0.4, 0.5) is 5.82 Å². The molecule has 0 bridgehead atoms. The van der Waals surface area contributed by atoms with Crippen LogP contribution in [-0.2, 0) is 0 Å². The quantitative estimate of drug-likeness (QED) is 0.881. The summed E-state index contributed by atoms with van der Waals surface area (Å²) in [4.78, 5) is 0. The number of benzene rings is 1. The molecule has 3 N–H and O–H groups in total. The highest BCUT2D eigenvalue weighted by molar-refractivity contribution is 9.10. The third-order valence-electron chi connectivity index (χ3n) is 4.68. The van der Waals surface area contributed by atoms with Gasteiger partial charge >= 0.3 is 0 Å². The molecule has 1 heterocycles. The summed E-state index contributed by atoms with van der Waals surface area (Å²) in [6, 6.07) is 8.30. The first-order valence-electron chi connectivity index (χ1n) is 6.85. The minimum absolute atomic E-state index is 0.623. The molecule has 2 saturated carbocycles. The minimum atomic E-state index is 0.623. The Bertz CT molecular complexity index is 624. The Labute approximate surface area is 120 Å². The molecule has 1 aromatic heterocycles. The number of rotatable bonds is 2. The number of aromatic nitrogens is 2. The molecule has 0 amide bonds. The topological polar surface area (TPSA) is 54.7 Å². The fourth-order valence-corrected chi connectivity index (χ4v) is 4.21. The first-order valence-corrected chi connectivity index (χ1v) is 7.64. The van der Waals surface area contributed by atoms with Crippen molar-refractivity contribution in [2.75, 3.05) is 5.73 Å². The van der Waals surface area contributed by atoms with Gasteiger partial charge in [0.1, 0.15) is 0 Å². The second-order valence-electron chi connectivity index (χ2n) is 5.69. The standard InChI is InChI=1S/C15H16BrN3/c16-9-4-1-3-8(7-9)12-14(18-19-15(12)17)13-10-5-2-6-11(10)13/h1,3-4,7,10-11,13H,2,5-6H2,(H3,17,18,19). The van der Waals surface area contributed by atoms with Crippen LogP contribution in [0.3, 0.4) is 0 Å². The van der Waals surface area contributed by atoms with Gasteiger partial charge in [-0.25, -0.2) is 0 Å². The maximum atomic E-state index is 6.08. The molecule has 0 saturated heterocycles. The van der Waals surface area contributed by atoms with Crippen molar-refractivity contribution in [3.8, 4) is 11.1 Å². The van der Waals surface area contributed by atoms with E-state index in [1.807, 2.05) is 12.1 Å². The first kappa shape index (κ1) is 11.5. The van der Waals surface area contributed by atoms with Crippen molar-refractivity contribution in [1.29, 1.82) is 0 Å². The highest BCUT2D eigenvalue weighted by atomic mass is 79.9. The lowest BCUT2D eigenvalue weighted by atomic mass is 9.99. The summed E-state index contributed by atoms with van der Waals surface area (Å²) in [5.74, 6) is 3.02. The van der Waals surface area contributed by atoms with Gasteiger partial charge in [-0.05, 0) is 42.4 Å². The number of hydrogen-bond acceptors (Lipinski definition) is 2. The van der Waals surface area contributed by atoms with Crippen LogP contribution >= 0.6 is 15.9 Å². The molecule has 0 radical (unpaired) electrons. The average Bonchev–Trinajstić information content (AvgIpc) is 2.78. The molecule has 98 valence electrons. The zero-order valence-electron chi connectivity index (χ0n) is 10.6. The third kappa shape index (κ3) is 1.73. The molecular weight excluding hydrogens is 302 g/mol. The number of halogens is 1. The first-order chi connectivity index (χ1) is 9.25. The predicted molar refractivity (Wildman–Crippen MR) is 79.7 cm³/mol. The molecule has 0 spiro atoms. The van der Waals surface area contributed by atoms with Crippen LogP contribution in [0.2, 0.25) is 0 Å². The molecule has 2 fully saturated rings. The number of nitrogens with two attached hydrogens (primary N) is 1. The zero-order valence-corrected chi connectivity index (χ0v) is 12.2. The van der Waals surface area contributed by atoms with Gasteiger partial charge in [-0.15, -0.1) is 0 Å². The second-order valence-corrected chi connectivity index (χ2v) is 6.61. The molecular formula is C15H16BrN3. The van der Waals surface area contributed by atoms with Crippen LogP contribution in [0.15, 0.2) is 28.7 Å². The second kappa shape index (κ2) is 4.10. The Morgan fingerprint density at radius 1 is 1.26 bits per heavy atom. The number of aromatic amines is 1. The fourth-order valence-electron chi connectivity index (χ4n) is 3.81. The van der Waals surface area contributed by atoms with Crippen molar-refractivity contribution in [3.05, 3.63) is 34.4 Å². The molecule has 2 unspecified atom stereocenters. The van der Waals surface area contributed by atoms with Crippen LogP contribution in [0.5, 0.6) is 0 Å². The summed E-state index contributed by atoms with van der Waals surface area (Å²) in [6.45, 7) is 0. The van der Waals surface area contributed by atoms with Gasteiger partial charge in [0.25, 0.3) is 0 Å². The summed E-state index contributed by atoms with van der Waals surface area (Å²) in [7, 11) is 0. The molecule has 4 rings (SSSR count). The Balaban J connectivity index is 1.78. The monoisotopic (exact) mass is 317 g/mol. The Morgan fingerprint density at radius 3 is 2.79 bits per heavy atom. The smallest absolute Gasteiger partial charge is 0.153 e. The molecule has 2 atom stereocenters. The van der Waals surface area contributed by atoms with E-state index in [4.69, 9.17) is 5.73 Å². The van der Waals surface area contributed by atoms with Crippen molar-refractivity contribution < 1.29 is 0 Å². The van der Waals surface area contributed by atoms with Crippen LogP contribution in [-0.4, -0.2) is 10.2 Å². The van der Waals surface area contributed by atoms with Gasteiger partial charge in [-0.2, -0.15) is 5.10 Å². The van der Waals surface area contributed by atoms with Crippen molar-refractivity contribution >= 4 is 21.7 Å². The summed E-state index contributed by atoms with van der Waals surface area (Å²) < 4.78 is 1.08. The third-order valence-corrected chi connectivity index (χ3v) is 5.17. The highest BCUT2D eigenvalue weighted by Crippen LogP contribution is 2.64. The van der Waals surface area contributed by atoms with Crippen molar-refractivity contribution in [1.82, 2.24) is 10.2 Å². The molecule has 1 aromatic carbocycles. The molecule has 19 heavy (non-hydrogen) atoms. The van der Waals surface area contributed by atoms with Crippen LogP contribution in [0, 0.1) is 11.8 Å². The van der Waals surface area contributed by atoms with Gasteiger partial charge in [-0.3, -0.25) is 5.10 Å². The van der Waals surface area contributed by atoms with Crippen molar-refractivity contribution in [2.24, 2.45) is 11.8 Å². The molecule has 4 heteroatoms. The Kier molecular flexibility index (Phi) is 2.49. The fraction of sp³-hybridized carbons (Fsp3) is 0.400. The van der Waals surface area contributed by atoms with Gasteiger partial charge in [0.2, 0.25) is 0 Å². The lowest BCUT2D eigenvalue weighted by Gasteiger charge is -2.06. The van der Waals surface area contributed by atoms with Gasteiger partial charge in [-0.1, -0.05) is 34.5 Å². The summed E-state index contributed by atoms with van der Waals surface area (Å²) in [5, 5.41) is 7.44. The van der Waals surface area contributed by atoms with E-state index in [0.717, 1.165) is 27.4 Å². The minimum Gasteiger partial charge on any atom is -0.382 e. The Hall–Kier alpha value is -1.29. The van der Waals surface area contributed by atoms with Crippen LogP contribution in [0.25, 0.3) is 11.1 Å². The van der Waals surface area contributed by atoms with Crippen LogP contribution < -0.4 is 5.73 Å². The summed E-state index contributed by atoms with van der Waals surface area (Å²) in [5.41, 5.74) is 9.60. The highest BCUT2D eigenvalue weighted by Gasteiger charge is 2.54. The number of nitrogen functional groups attached to an aromatic ring is 1. The van der Waals surface area contributed by atoms with Crippen LogP contribution in [0.1, 0.15) is 30.9 Å². The number of nitrogens with zero attached hydrogens (tertiary/aromatic N) is 1. The van der Waals surface area contributed by atoms with E-state index in [1.165, 1.54) is 25.0 Å². The molecule has 2 aromatic rings. The molecule has 0 aliphatic heterocycles. The normalized spacial score (nSPS) is 28.4. The van der Waals surface area contributed by atoms with E-state index in [2.05, 4.69) is 38.3 Å². The van der Waals surface area contributed by atoms with Gasteiger partial charge < -0.3 is 5.73 Å². The molecule has 3 nitrogen and oxygen atoms in total. The van der Waals surface area contributed by atoms with Gasteiger partial charge in [0.15, 0.2) is 5.82 Å². The van der Waals surface area contributed by atoms with E-state index in [9.17, 15) is 0 Å². The number of anilines is 1. The maximum absolute atomic E-state index is 6.08. The number of fused-ring (bicyclic) bond motifs is 1. The van der Waals surface area contributed by atoms with Gasteiger partial charge in [0.05, 0.1) is 0 Å². The van der Waals surface area contributed by atoms with E-state index < -0.39 is 0 Å². The average molecular weight is 318 g/mol. The van der Waals surface area contributed by atoms with Crippen molar-refractivity contribution in [2.45, 2.75) is 25.2 Å². The number of nitrogens with one attached hydrogen (secondary N) is 1.